The lowest BCUT2D eigenvalue weighted by atomic mass is 9.96. The van der Waals surface area contributed by atoms with Crippen LogP contribution < -0.4 is 15.2 Å². The third kappa shape index (κ3) is 6.33. The fraction of sp³-hybridized carbons (Fsp3) is 0.174. The third-order valence-corrected chi connectivity index (χ3v) is 5.87. The van der Waals surface area contributed by atoms with E-state index in [-0.39, 0.29) is 17.1 Å². The standard InChI is InChI=1S/C23H21F3N2O4S/c1-32-19-4-2-3-16(13-19)22(29)14-21(15-5-7-17(8-6-15)23(24,25)26)28-18-9-11-20(12-10-18)33(27,30)31/h2-13,21,28H,14H2,1H3,(H2,27,30,31). The number of ketones is 1. The maximum absolute atomic E-state index is 13.0. The number of rotatable bonds is 8. The Morgan fingerprint density at radius 1 is 1.03 bits per heavy atom. The summed E-state index contributed by atoms with van der Waals surface area (Å²) < 4.78 is 67.0. The summed E-state index contributed by atoms with van der Waals surface area (Å²) in [4.78, 5) is 12.8. The average Bonchev–Trinajstić information content (AvgIpc) is 2.78. The molecule has 0 spiro atoms. The van der Waals surface area contributed by atoms with Gasteiger partial charge >= 0.3 is 6.18 Å². The molecule has 0 aliphatic carbocycles. The Hall–Kier alpha value is -3.37. The molecule has 174 valence electrons. The Morgan fingerprint density at radius 2 is 1.67 bits per heavy atom. The Morgan fingerprint density at radius 3 is 2.21 bits per heavy atom. The second-order valence-corrected chi connectivity index (χ2v) is 8.81. The lowest BCUT2D eigenvalue weighted by molar-refractivity contribution is -0.137. The monoisotopic (exact) mass is 478 g/mol. The largest absolute Gasteiger partial charge is 0.497 e. The van der Waals surface area contributed by atoms with E-state index < -0.39 is 27.8 Å². The molecule has 0 heterocycles. The van der Waals surface area contributed by atoms with Crippen molar-refractivity contribution >= 4 is 21.5 Å². The zero-order valence-corrected chi connectivity index (χ0v) is 18.3. The smallest absolute Gasteiger partial charge is 0.416 e. The number of anilines is 1. The predicted molar refractivity (Wildman–Crippen MR) is 118 cm³/mol. The van der Waals surface area contributed by atoms with E-state index in [0.29, 0.717) is 22.6 Å². The fourth-order valence-electron chi connectivity index (χ4n) is 3.20. The van der Waals surface area contributed by atoms with Crippen LogP contribution in [0.15, 0.2) is 77.7 Å². The topological polar surface area (TPSA) is 98.5 Å². The van der Waals surface area contributed by atoms with E-state index in [0.717, 1.165) is 12.1 Å². The minimum absolute atomic E-state index is 0.0739. The molecule has 0 aliphatic heterocycles. The van der Waals surface area contributed by atoms with Crippen molar-refractivity contribution in [2.45, 2.75) is 23.5 Å². The van der Waals surface area contributed by atoms with Gasteiger partial charge in [0.25, 0.3) is 0 Å². The SMILES string of the molecule is COc1cccc(C(=O)CC(Nc2ccc(S(N)(=O)=O)cc2)c2ccc(C(F)(F)F)cc2)c1. The van der Waals surface area contributed by atoms with E-state index in [1.54, 1.807) is 24.3 Å². The second-order valence-electron chi connectivity index (χ2n) is 7.25. The molecule has 0 saturated heterocycles. The third-order valence-electron chi connectivity index (χ3n) is 4.95. The highest BCUT2D eigenvalue weighted by atomic mass is 32.2. The van der Waals surface area contributed by atoms with Crippen LogP contribution in [-0.4, -0.2) is 21.3 Å². The van der Waals surface area contributed by atoms with Gasteiger partial charge in [-0.2, -0.15) is 13.2 Å². The number of Topliss-reactive ketones (excluding diaryl/α,β-unsaturated/α-hetero) is 1. The molecule has 3 rings (SSSR count). The molecule has 1 atom stereocenters. The molecule has 1 unspecified atom stereocenters. The Balaban J connectivity index is 1.91. The number of benzene rings is 3. The summed E-state index contributed by atoms with van der Waals surface area (Å²) in [5.41, 5.74) is 0.500. The van der Waals surface area contributed by atoms with Crippen molar-refractivity contribution in [1.82, 2.24) is 0 Å². The maximum Gasteiger partial charge on any atom is 0.416 e. The van der Waals surface area contributed by atoms with Crippen molar-refractivity contribution in [1.29, 1.82) is 0 Å². The van der Waals surface area contributed by atoms with Crippen LogP contribution in [0.5, 0.6) is 5.75 Å². The molecule has 0 fully saturated rings. The summed E-state index contributed by atoms with van der Waals surface area (Å²) >= 11 is 0. The van der Waals surface area contributed by atoms with Gasteiger partial charge in [-0.15, -0.1) is 0 Å². The molecule has 0 saturated carbocycles. The second kappa shape index (κ2) is 9.63. The highest BCUT2D eigenvalue weighted by molar-refractivity contribution is 7.89. The zero-order chi connectivity index (χ0) is 24.2. The van der Waals surface area contributed by atoms with Gasteiger partial charge in [0.15, 0.2) is 5.78 Å². The van der Waals surface area contributed by atoms with E-state index in [9.17, 15) is 26.4 Å². The molecule has 3 aromatic carbocycles. The lowest BCUT2D eigenvalue weighted by Crippen LogP contribution is -2.17. The van der Waals surface area contributed by atoms with Crippen LogP contribution in [0, 0.1) is 0 Å². The molecule has 10 heteroatoms. The molecule has 3 N–H and O–H groups in total. The number of carbonyl (C=O) groups excluding carboxylic acids is 1. The molecule has 0 amide bonds. The first-order valence-corrected chi connectivity index (χ1v) is 11.3. The first-order chi connectivity index (χ1) is 15.5. The highest BCUT2D eigenvalue weighted by Gasteiger charge is 2.30. The van der Waals surface area contributed by atoms with Gasteiger partial charge in [0.05, 0.1) is 23.6 Å². The predicted octanol–water partition coefficient (Wildman–Crippen LogP) is 4.79. The van der Waals surface area contributed by atoms with Crippen LogP contribution in [-0.2, 0) is 16.2 Å². The Kier molecular flexibility index (Phi) is 7.09. The molecule has 3 aromatic rings. The van der Waals surface area contributed by atoms with Crippen molar-refractivity contribution in [3.8, 4) is 5.75 Å². The zero-order valence-electron chi connectivity index (χ0n) is 17.5. The van der Waals surface area contributed by atoms with Gasteiger partial charge in [0.2, 0.25) is 10.0 Å². The van der Waals surface area contributed by atoms with E-state index in [2.05, 4.69) is 5.32 Å². The molecule has 0 aliphatic rings. The Labute approximate surface area is 189 Å². The number of halogens is 3. The van der Waals surface area contributed by atoms with Gasteiger partial charge < -0.3 is 10.1 Å². The van der Waals surface area contributed by atoms with Gasteiger partial charge in [-0.1, -0.05) is 24.3 Å². The minimum atomic E-state index is -4.48. The average molecular weight is 478 g/mol. The number of sulfonamides is 1. The van der Waals surface area contributed by atoms with Gasteiger partial charge in [-0.3, -0.25) is 4.79 Å². The van der Waals surface area contributed by atoms with Crippen LogP contribution >= 0.6 is 0 Å². The molecule has 6 nitrogen and oxygen atoms in total. The van der Waals surface area contributed by atoms with Crippen LogP contribution in [0.3, 0.4) is 0 Å². The van der Waals surface area contributed by atoms with Crippen LogP contribution in [0.25, 0.3) is 0 Å². The minimum Gasteiger partial charge on any atom is -0.497 e. The summed E-state index contributed by atoms with van der Waals surface area (Å²) in [6.45, 7) is 0. The molecule has 33 heavy (non-hydrogen) atoms. The van der Waals surface area contributed by atoms with E-state index >= 15 is 0 Å². The van der Waals surface area contributed by atoms with E-state index in [4.69, 9.17) is 9.88 Å². The Bertz CT molecular complexity index is 1230. The number of nitrogens with two attached hydrogens (primary N) is 1. The lowest BCUT2D eigenvalue weighted by Gasteiger charge is -2.21. The van der Waals surface area contributed by atoms with Crippen molar-refractivity contribution < 1.29 is 31.1 Å². The summed E-state index contributed by atoms with van der Waals surface area (Å²) in [6, 6.07) is 15.9. The van der Waals surface area contributed by atoms with Crippen molar-refractivity contribution in [2.24, 2.45) is 5.14 Å². The maximum atomic E-state index is 13.0. The van der Waals surface area contributed by atoms with Crippen molar-refractivity contribution in [2.75, 3.05) is 12.4 Å². The van der Waals surface area contributed by atoms with Crippen molar-refractivity contribution in [3.05, 3.63) is 89.5 Å². The summed E-state index contributed by atoms with van der Waals surface area (Å²) in [6.07, 6.45) is -4.56. The van der Waals surface area contributed by atoms with E-state index in [1.807, 2.05) is 0 Å². The normalized spacial score (nSPS) is 12.8. The number of primary sulfonamides is 1. The highest BCUT2D eigenvalue weighted by Crippen LogP contribution is 2.32. The molecular weight excluding hydrogens is 457 g/mol. The summed E-state index contributed by atoms with van der Waals surface area (Å²) in [5, 5.41) is 8.20. The fourth-order valence-corrected chi connectivity index (χ4v) is 3.71. The number of alkyl halides is 3. The van der Waals surface area contributed by atoms with Gasteiger partial charge in [0, 0.05) is 17.7 Å². The quantitative estimate of drug-likeness (QED) is 0.454. The molecular formula is C23H21F3N2O4S. The summed E-state index contributed by atoms with van der Waals surface area (Å²) in [5.74, 6) is 0.242. The number of hydrogen-bond acceptors (Lipinski definition) is 5. The van der Waals surface area contributed by atoms with Crippen LogP contribution in [0.4, 0.5) is 18.9 Å². The number of carbonyl (C=O) groups is 1. The first-order valence-electron chi connectivity index (χ1n) is 9.71. The first kappa shape index (κ1) is 24.3. The van der Waals surface area contributed by atoms with Gasteiger partial charge in [-0.25, -0.2) is 13.6 Å². The van der Waals surface area contributed by atoms with Gasteiger partial charge in [0.1, 0.15) is 5.75 Å². The number of methoxy groups -OCH3 is 1. The van der Waals surface area contributed by atoms with Crippen molar-refractivity contribution in [3.63, 3.8) is 0 Å². The van der Waals surface area contributed by atoms with Gasteiger partial charge in [-0.05, 0) is 54.1 Å². The molecule has 0 aromatic heterocycles. The molecule has 0 radical (unpaired) electrons. The van der Waals surface area contributed by atoms with Crippen LogP contribution in [0.1, 0.15) is 33.9 Å². The summed E-state index contributed by atoms with van der Waals surface area (Å²) in [7, 11) is -2.41. The molecule has 0 bridgehead atoms. The van der Waals surface area contributed by atoms with E-state index in [1.165, 1.54) is 43.5 Å². The van der Waals surface area contributed by atoms with Crippen LogP contribution in [0.2, 0.25) is 0 Å². The number of hydrogen-bond donors (Lipinski definition) is 2. The number of nitrogens with one attached hydrogen (secondary N) is 1. The number of ether oxygens (including phenoxy) is 1.